The molecule has 0 aliphatic carbocycles. The zero-order valence-electron chi connectivity index (χ0n) is 11.5. The summed E-state index contributed by atoms with van der Waals surface area (Å²) >= 11 is 0. The summed E-state index contributed by atoms with van der Waals surface area (Å²) < 4.78 is 54.5. The van der Waals surface area contributed by atoms with Crippen molar-refractivity contribution in [2.75, 3.05) is 6.61 Å². The SMILES string of the molecule is CC(=O)N[C@H]1C(OP(=O)(O)O)O[C@H](CO)[C@H](OS(=O)(=O)O)[C@@H]1O. The number of ether oxygens (including phenoxy) is 1. The van der Waals surface area contributed by atoms with Crippen molar-refractivity contribution in [3.63, 3.8) is 0 Å². The van der Waals surface area contributed by atoms with Crippen molar-refractivity contribution >= 4 is 24.1 Å². The van der Waals surface area contributed by atoms with E-state index in [2.05, 4.69) is 8.71 Å². The van der Waals surface area contributed by atoms with Crippen molar-refractivity contribution in [2.45, 2.75) is 37.6 Å². The van der Waals surface area contributed by atoms with Crippen molar-refractivity contribution in [1.82, 2.24) is 5.32 Å². The third-order valence-corrected chi connectivity index (χ3v) is 3.64. The lowest BCUT2D eigenvalue weighted by molar-refractivity contribution is -0.242. The zero-order valence-corrected chi connectivity index (χ0v) is 13.3. The molecule has 6 N–H and O–H groups in total. The monoisotopic (exact) mass is 381 g/mol. The molecule has 0 bridgehead atoms. The molecule has 15 heteroatoms. The Morgan fingerprint density at radius 2 is 1.96 bits per heavy atom. The predicted molar refractivity (Wildman–Crippen MR) is 68.9 cm³/mol. The maximum absolute atomic E-state index is 11.1. The van der Waals surface area contributed by atoms with Gasteiger partial charge in [-0.25, -0.2) is 8.75 Å². The molecule has 13 nitrogen and oxygen atoms in total. The summed E-state index contributed by atoms with van der Waals surface area (Å²) in [4.78, 5) is 28.7. The van der Waals surface area contributed by atoms with Gasteiger partial charge in [0.05, 0.1) is 6.61 Å². The first kappa shape index (κ1) is 20.4. The molecule has 1 saturated heterocycles. The van der Waals surface area contributed by atoms with Gasteiger partial charge in [-0.2, -0.15) is 8.42 Å². The van der Waals surface area contributed by atoms with E-state index in [0.29, 0.717) is 0 Å². The van der Waals surface area contributed by atoms with Crippen LogP contribution in [-0.4, -0.2) is 76.1 Å². The van der Waals surface area contributed by atoms with Crippen LogP contribution in [-0.2, 0) is 33.2 Å². The lowest BCUT2D eigenvalue weighted by atomic mass is 9.97. The third-order valence-electron chi connectivity index (χ3n) is 2.70. The van der Waals surface area contributed by atoms with E-state index in [0.717, 1.165) is 6.92 Å². The molecular formula is C8H16NO12PS. The normalized spacial score (nSPS) is 32.5. The smallest absolute Gasteiger partial charge is 0.394 e. The van der Waals surface area contributed by atoms with Crippen molar-refractivity contribution in [1.29, 1.82) is 0 Å². The Kier molecular flexibility index (Phi) is 6.63. The standard InChI is InChI=1S/C8H16NO12PS/c1-3(11)9-5-6(12)7(21-23(16,17)18)4(2-10)19-8(5)20-22(13,14)15/h4-8,10,12H,2H2,1H3,(H,9,11)(H2,13,14,15)(H,16,17,18)/t4-,5-,6-,7+,8?/m1/s1. The fourth-order valence-corrected chi connectivity index (χ4v) is 2.91. The summed E-state index contributed by atoms with van der Waals surface area (Å²) in [6.45, 7) is 0.0447. The third kappa shape index (κ3) is 6.39. The average Bonchev–Trinajstić information content (AvgIpc) is 2.33. The molecule has 1 aliphatic heterocycles. The molecular weight excluding hydrogens is 365 g/mol. The van der Waals surface area contributed by atoms with Crippen LogP contribution >= 0.6 is 7.82 Å². The Bertz CT molecular complexity index is 574. The van der Waals surface area contributed by atoms with E-state index < -0.39 is 61.4 Å². The number of nitrogens with one attached hydrogen (secondary N) is 1. The number of amides is 1. The highest BCUT2D eigenvalue weighted by Gasteiger charge is 2.50. The van der Waals surface area contributed by atoms with Gasteiger partial charge in [-0.15, -0.1) is 0 Å². The molecule has 0 aromatic heterocycles. The summed E-state index contributed by atoms with van der Waals surface area (Å²) in [5.74, 6) is -0.773. The van der Waals surface area contributed by atoms with E-state index in [4.69, 9.17) is 24.2 Å². The van der Waals surface area contributed by atoms with Crippen LogP contribution in [0.3, 0.4) is 0 Å². The molecule has 1 fully saturated rings. The van der Waals surface area contributed by atoms with E-state index in [9.17, 15) is 22.9 Å². The minimum Gasteiger partial charge on any atom is -0.394 e. The van der Waals surface area contributed by atoms with E-state index in [-0.39, 0.29) is 0 Å². The highest BCUT2D eigenvalue weighted by atomic mass is 32.3. The zero-order chi connectivity index (χ0) is 18.0. The van der Waals surface area contributed by atoms with Crippen LogP contribution < -0.4 is 5.32 Å². The second-order valence-electron chi connectivity index (χ2n) is 4.53. The maximum atomic E-state index is 11.1. The molecule has 136 valence electrons. The first-order valence-corrected chi connectivity index (χ1v) is 8.84. The number of carbonyl (C=O) groups excluding carboxylic acids is 1. The van der Waals surface area contributed by atoms with Gasteiger partial charge in [-0.3, -0.25) is 13.9 Å². The Hall–Kier alpha value is -0.670. The number of aliphatic hydroxyl groups excluding tert-OH is 2. The molecule has 1 rings (SSSR count). The summed E-state index contributed by atoms with van der Waals surface area (Å²) in [5.41, 5.74) is 0. The lowest BCUT2D eigenvalue weighted by Crippen LogP contribution is -2.65. The number of rotatable bonds is 6. The highest BCUT2D eigenvalue weighted by molar-refractivity contribution is 7.80. The first-order chi connectivity index (χ1) is 10.3. The van der Waals surface area contributed by atoms with Crippen molar-refractivity contribution in [2.24, 2.45) is 0 Å². The second kappa shape index (κ2) is 7.48. The van der Waals surface area contributed by atoms with Crippen LogP contribution in [0.15, 0.2) is 0 Å². The largest absolute Gasteiger partial charge is 0.472 e. The van der Waals surface area contributed by atoms with E-state index >= 15 is 0 Å². The molecule has 0 spiro atoms. The molecule has 0 aromatic carbocycles. The average molecular weight is 381 g/mol. The van der Waals surface area contributed by atoms with Crippen molar-refractivity contribution in [3.05, 3.63) is 0 Å². The molecule has 0 aromatic rings. The van der Waals surface area contributed by atoms with Gasteiger partial charge in [0, 0.05) is 6.92 Å². The Morgan fingerprint density at radius 1 is 1.39 bits per heavy atom. The minimum atomic E-state index is -5.12. The minimum absolute atomic E-state index is 0.773. The van der Waals surface area contributed by atoms with Crippen LogP contribution in [0.1, 0.15) is 6.92 Å². The second-order valence-corrected chi connectivity index (χ2v) is 6.77. The number of phosphoric ester groups is 1. The van der Waals surface area contributed by atoms with Gasteiger partial charge in [0.2, 0.25) is 5.91 Å². The number of hydrogen-bond acceptors (Lipinski definition) is 9. The van der Waals surface area contributed by atoms with Crippen LogP contribution in [0.5, 0.6) is 0 Å². The Morgan fingerprint density at radius 3 is 2.35 bits per heavy atom. The Labute approximate surface area is 130 Å². The number of carbonyl (C=O) groups is 1. The van der Waals surface area contributed by atoms with Crippen molar-refractivity contribution < 1.29 is 55.8 Å². The fraction of sp³-hybridized carbons (Fsp3) is 0.875. The van der Waals surface area contributed by atoms with Gasteiger partial charge >= 0.3 is 18.2 Å². The number of hydrogen-bond donors (Lipinski definition) is 6. The maximum Gasteiger partial charge on any atom is 0.472 e. The summed E-state index contributed by atoms with van der Waals surface area (Å²) in [6.07, 6.45) is -7.38. The number of aliphatic hydroxyl groups is 2. The molecule has 1 aliphatic rings. The van der Waals surface area contributed by atoms with Crippen LogP contribution in [0, 0.1) is 0 Å². The fourth-order valence-electron chi connectivity index (χ4n) is 1.94. The van der Waals surface area contributed by atoms with Crippen LogP contribution in [0.2, 0.25) is 0 Å². The molecule has 1 amide bonds. The molecule has 0 saturated carbocycles. The van der Waals surface area contributed by atoms with Gasteiger partial charge in [-0.05, 0) is 0 Å². The van der Waals surface area contributed by atoms with Gasteiger partial charge in [0.1, 0.15) is 24.4 Å². The van der Waals surface area contributed by atoms with Gasteiger partial charge in [0.15, 0.2) is 6.29 Å². The first-order valence-electron chi connectivity index (χ1n) is 5.95. The van der Waals surface area contributed by atoms with Crippen LogP contribution in [0.4, 0.5) is 0 Å². The molecule has 5 atom stereocenters. The van der Waals surface area contributed by atoms with Crippen LogP contribution in [0.25, 0.3) is 0 Å². The molecule has 0 radical (unpaired) electrons. The van der Waals surface area contributed by atoms with E-state index in [1.54, 1.807) is 0 Å². The lowest BCUT2D eigenvalue weighted by Gasteiger charge is -2.42. The topological polar surface area (TPSA) is 209 Å². The quantitative estimate of drug-likeness (QED) is 0.199. The van der Waals surface area contributed by atoms with E-state index in [1.165, 1.54) is 0 Å². The summed E-state index contributed by atoms with van der Waals surface area (Å²) in [5, 5.41) is 21.2. The molecule has 1 heterocycles. The molecule has 23 heavy (non-hydrogen) atoms. The number of phosphoric acid groups is 1. The Balaban J connectivity index is 3.12. The van der Waals surface area contributed by atoms with Gasteiger partial charge in [-0.1, -0.05) is 0 Å². The van der Waals surface area contributed by atoms with E-state index in [1.807, 2.05) is 5.32 Å². The van der Waals surface area contributed by atoms with Crippen molar-refractivity contribution in [3.8, 4) is 0 Å². The van der Waals surface area contributed by atoms with Gasteiger partial charge in [0.25, 0.3) is 0 Å². The highest BCUT2D eigenvalue weighted by Crippen LogP contribution is 2.41. The van der Waals surface area contributed by atoms with Gasteiger partial charge < -0.3 is 30.1 Å². The summed E-state index contributed by atoms with van der Waals surface area (Å²) in [6, 6.07) is -1.66. The molecule has 1 unspecified atom stereocenters. The summed E-state index contributed by atoms with van der Waals surface area (Å²) in [7, 11) is -10.2. The predicted octanol–water partition coefficient (Wildman–Crippen LogP) is -3.13.